The van der Waals surface area contributed by atoms with Crippen LogP contribution in [-0.4, -0.2) is 34.2 Å². The van der Waals surface area contributed by atoms with Gasteiger partial charge in [0.1, 0.15) is 0 Å². The van der Waals surface area contributed by atoms with Gasteiger partial charge in [0, 0.05) is 5.54 Å². The molecule has 1 saturated carbocycles. The second-order valence-electron chi connectivity index (χ2n) is 3.42. The molecule has 0 aromatic rings. The van der Waals surface area contributed by atoms with E-state index in [1.807, 2.05) is 0 Å². The number of carboxylic acids is 2. The van der Waals surface area contributed by atoms with Crippen molar-refractivity contribution in [3.8, 4) is 0 Å². The Labute approximate surface area is 75.7 Å². The Bertz CT molecular complexity index is 202. The fourth-order valence-electron chi connectivity index (χ4n) is 1.45. The summed E-state index contributed by atoms with van der Waals surface area (Å²) in [5.74, 6) is -3.65. The Kier molecular flexibility index (Phi) is 2.87. The monoisotopic (exact) mass is 187 g/mol. The van der Waals surface area contributed by atoms with Crippen molar-refractivity contribution in [3.63, 3.8) is 0 Å². The van der Waals surface area contributed by atoms with Crippen LogP contribution in [0.1, 0.15) is 25.7 Å². The predicted octanol–water partition coefficient (Wildman–Crippen LogP) is 0.0580. The molecule has 1 saturated heterocycles. The summed E-state index contributed by atoms with van der Waals surface area (Å²) >= 11 is 0. The molecule has 0 amide bonds. The highest BCUT2D eigenvalue weighted by molar-refractivity contribution is 6.27. The van der Waals surface area contributed by atoms with Crippen molar-refractivity contribution in [2.75, 3.05) is 6.54 Å². The minimum Gasteiger partial charge on any atom is -0.473 e. The maximum atomic E-state index is 9.10. The van der Waals surface area contributed by atoms with Crippen LogP contribution in [0.2, 0.25) is 0 Å². The van der Waals surface area contributed by atoms with E-state index in [0.717, 1.165) is 0 Å². The molecule has 74 valence electrons. The van der Waals surface area contributed by atoms with Crippen molar-refractivity contribution in [2.45, 2.75) is 31.2 Å². The fourth-order valence-corrected chi connectivity index (χ4v) is 1.45. The van der Waals surface area contributed by atoms with Crippen LogP contribution in [-0.2, 0) is 9.59 Å². The first-order valence-electron chi connectivity index (χ1n) is 4.27. The standard InChI is InChI=1S/C6H11N.C2H2O4/c1-2-6(3-4-6)7-5-1;3-1(4)2(5)6/h7H,1-5H2;(H,3,4)(H,5,6). The van der Waals surface area contributed by atoms with E-state index in [4.69, 9.17) is 19.8 Å². The average molecular weight is 187 g/mol. The molecule has 0 unspecified atom stereocenters. The molecule has 5 nitrogen and oxygen atoms in total. The second-order valence-corrected chi connectivity index (χ2v) is 3.42. The molecule has 13 heavy (non-hydrogen) atoms. The van der Waals surface area contributed by atoms with Gasteiger partial charge < -0.3 is 15.5 Å². The average Bonchev–Trinajstić information content (AvgIpc) is 2.60. The number of carboxylic acid groups (broad SMARTS) is 2. The first-order valence-corrected chi connectivity index (χ1v) is 4.27. The molecule has 5 heteroatoms. The maximum Gasteiger partial charge on any atom is 0.414 e. The SMILES string of the molecule is C1CNC2(C1)CC2.O=C(O)C(=O)O. The Morgan fingerprint density at radius 2 is 1.62 bits per heavy atom. The van der Waals surface area contributed by atoms with E-state index in [9.17, 15) is 0 Å². The summed E-state index contributed by atoms with van der Waals surface area (Å²) in [6, 6.07) is 0. The van der Waals surface area contributed by atoms with Crippen molar-refractivity contribution in [1.82, 2.24) is 5.32 Å². The van der Waals surface area contributed by atoms with Crippen LogP contribution in [0, 0.1) is 0 Å². The zero-order chi connectivity index (χ0) is 9.90. The Morgan fingerprint density at radius 1 is 1.08 bits per heavy atom. The summed E-state index contributed by atoms with van der Waals surface area (Å²) in [6.45, 7) is 1.28. The van der Waals surface area contributed by atoms with E-state index in [1.165, 1.54) is 32.2 Å². The molecular weight excluding hydrogens is 174 g/mol. The smallest absolute Gasteiger partial charge is 0.414 e. The molecule has 2 rings (SSSR count). The van der Waals surface area contributed by atoms with Gasteiger partial charge in [0.2, 0.25) is 0 Å². The van der Waals surface area contributed by atoms with Crippen LogP contribution >= 0.6 is 0 Å². The van der Waals surface area contributed by atoms with Gasteiger partial charge in [-0.2, -0.15) is 0 Å². The summed E-state index contributed by atoms with van der Waals surface area (Å²) in [5, 5.41) is 18.3. The molecule has 1 heterocycles. The van der Waals surface area contributed by atoms with Crippen molar-refractivity contribution in [2.24, 2.45) is 0 Å². The van der Waals surface area contributed by atoms with Crippen molar-refractivity contribution in [3.05, 3.63) is 0 Å². The summed E-state index contributed by atoms with van der Waals surface area (Å²) in [7, 11) is 0. The van der Waals surface area contributed by atoms with Gasteiger partial charge in [0.15, 0.2) is 0 Å². The summed E-state index contributed by atoms with van der Waals surface area (Å²) in [5.41, 5.74) is 0.694. The molecule has 2 fully saturated rings. The zero-order valence-corrected chi connectivity index (χ0v) is 7.25. The van der Waals surface area contributed by atoms with Crippen LogP contribution in [0.15, 0.2) is 0 Å². The van der Waals surface area contributed by atoms with Crippen LogP contribution in [0.4, 0.5) is 0 Å². The van der Waals surface area contributed by atoms with Crippen LogP contribution in [0.25, 0.3) is 0 Å². The number of rotatable bonds is 0. The van der Waals surface area contributed by atoms with E-state index < -0.39 is 11.9 Å². The van der Waals surface area contributed by atoms with Crippen LogP contribution < -0.4 is 5.32 Å². The number of hydrogen-bond acceptors (Lipinski definition) is 3. The van der Waals surface area contributed by atoms with Gasteiger partial charge in [-0.3, -0.25) is 0 Å². The highest BCUT2D eigenvalue weighted by Crippen LogP contribution is 2.42. The maximum absolute atomic E-state index is 9.10. The van der Waals surface area contributed by atoms with Gasteiger partial charge in [-0.15, -0.1) is 0 Å². The van der Waals surface area contributed by atoms with Crippen LogP contribution in [0.5, 0.6) is 0 Å². The highest BCUT2D eigenvalue weighted by Gasteiger charge is 2.43. The zero-order valence-electron chi connectivity index (χ0n) is 7.25. The topological polar surface area (TPSA) is 86.6 Å². The molecule has 3 N–H and O–H groups in total. The van der Waals surface area contributed by atoms with Gasteiger partial charge >= 0.3 is 11.9 Å². The van der Waals surface area contributed by atoms with Gasteiger partial charge in [-0.1, -0.05) is 0 Å². The van der Waals surface area contributed by atoms with Gasteiger partial charge in [-0.25, -0.2) is 9.59 Å². The minimum absolute atomic E-state index is 0.694. The van der Waals surface area contributed by atoms with Crippen molar-refractivity contribution in [1.29, 1.82) is 0 Å². The first-order chi connectivity index (χ1) is 6.06. The second kappa shape index (κ2) is 3.74. The minimum atomic E-state index is -1.82. The molecule has 1 aliphatic heterocycles. The predicted molar refractivity (Wildman–Crippen MR) is 44.5 cm³/mol. The van der Waals surface area contributed by atoms with Crippen molar-refractivity contribution >= 4 is 11.9 Å². The highest BCUT2D eigenvalue weighted by atomic mass is 16.4. The molecule has 0 bridgehead atoms. The molecule has 0 aromatic carbocycles. The van der Waals surface area contributed by atoms with Gasteiger partial charge in [0.05, 0.1) is 0 Å². The molecule has 0 radical (unpaired) electrons. The van der Waals surface area contributed by atoms with E-state index in [-0.39, 0.29) is 0 Å². The van der Waals surface area contributed by atoms with E-state index >= 15 is 0 Å². The number of hydrogen-bond donors (Lipinski definition) is 3. The quantitative estimate of drug-likeness (QED) is 0.467. The third-order valence-electron chi connectivity index (χ3n) is 2.37. The normalized spacial score (nSPS) is 21.8. The lowest BCUT2D eigenvalue weighted by molar-refractivity contribution is -0.159. The lowest BCUT2D eigenvalue weighted by Crippen LogP contribution is -2.22. The number of aliphatic carboxylic acids is 2. The van der Waals surface area contributed by atoms with E-state index in [2.05, 4.69) is 5.32 Å². The lowest BCUT2D eigenvalue weighted by atomic mass is 10.2. The largest absolute Gasteiger partial charge is 0.473 e. The van der Waals surface area contributed by atoms with Crippen LogP contribution in [0.3, 0.4) is 0 Å². The third kappa shape index (κ3) is 3.02. The van der Waals surface area contributed by atoms with Crippen molar-refractivity contribution < 1.29 is 19.8 Å². The summed E-state index contributed by atoms with van der Waals surface area (Å²) < 4.78 is 0. The third-order valence-corrected chi connectivity index (χ3v) is 2.37. The van der Waals surface area contributed by atoms with E-state index in [1.54, 1.807) is 0 Å². The molecule has 1 spiro atoms. The van der Waals surface area contributed by atoms with E-state index in [0.29, 0.717) is 5.54 Å². The lowest BCUT2D eigenvalue weighted by Gasteiger charge is -2.01. The molecule has 1 aliphatic carbocycles. The van der Waals surface area contributed by atoms with Gasteiger partial charge in [0.25, 0.3) is 0 Å². The molecule has 2 aliphatic rings. The fraction of sp³-hybridized carbons (Fsp3) is 0.750. The first kappa shape index (κ1) is 9.98. The number of carbonyl (C=O) groups is 2. The summed E-state index contributed by atoms with van der Waals surface area (Å²) in [6.07, 6.45) is 5.77. The Balaban J connectivity index is 0.000000133. The Hall–Kier alpha value is -1.10. The number of nitrogens with one attached hydrogen (secondary N) is 1. The molecule has 0 aromatic heterocycles. The van der Waals surface area contributed by atoms with Gasteiger partial charge in [-0.05, 0) is 32.2 Å². The molecule has 0 atom stereocenters. The molecular formula is C8H13NO4. The summed E-state index contributed by atoms with van der Waals surface area (Å²) in [4.78, 5) is 18.2. The Morgan fingerprint density at radius 3 is 1.77 bits per heavy atom.